The topological polar surface area (TPSA) is 32.5 Å². The van der Waals surface area contributed by atoms with E-state index in [-0.39, 0.29) is 6.54 Å². The summed E-state index contributed by atoms with van der Waals surface area (Å²) in [6.07, 6.45) is -2.29. The molecule has 102 valence electrons. The molecule has 1 unspecified atom stereocenters. The fourth-order valence-corrected chi connectivity index (χ4v) is 2.34. The Morgan fingerprint density at radius 2 is 1.88 bits per heavy atom. The maximum Gasteiger partial charge on any atom is 0.405 e. The van der Waals surface area contributed by atoms with Crippen molar-refractivity contribution in [3.8, 4) is 0 Å². The Morgan fingerprint density at radius 1 is 1.35 bits per heavy atom. The Balaban J connectivity index is 2.44. The van der Waals surface area contributed by atoms with Crippen LogP contribution in [0.2, 0.25) is 0 Å². The van der Waals surface area contributed by atoms with Gasteiger partial charge in [-0.3, -0.25) is 4.90 Å². The molecule has 1 rings (SSSR count). The van der Waals surface area contributed by atoms with Crippen LogP contribution in [0.4, 0.5) is 13.2 Å². The quantitative estimate of drug-likeness (QED) is 0.816. The zero-order valence-corrected chi connectivity index (χ0v) is 10.5. The molecule has 1 aliphatic heterocycles. The summed E-state index contributed by atoms with van der Waals surface area (Å²) in [6, 6.07) is -1.51. The summed E-state index contributed by atoms with van der Waals surface area (Å²) in [7, 11) is 3.56. The van der Waals surface area contributed by atoms with Crippen LogP contribution in [0.5, 0.6) is 0 Å². The number of hydrogen-bond acceptors (Lipinski definition) is 3. The van der Waals surface area contributed by atoms with E-state index in [1.54, 1.807) is 0 Å². The lowest BCUT2D eigenvalue weighted by molar-refractivity contribution is -0.179. The molecule has 0 spiro atoms. The molecule has 6 heteroatoms. The summed E-state index contributed by atoms with van der Waals surface area (Å²) in [5.74, 6) is 0.354. The maximum atomic E-state index is 12.7. The summed E-state index contributed by atoms with van der Waals surface area (Å²) in [5.41, 5.74) is 5.22. The number of rotatable bonds is 4. The molecule has 1 fully saturated rings. The lowest BCUT2D eigenvalue weighted by Crippen LogP contribution is -2.50. The van der Waals surface area contributed by atoms with Crippen LogP contribution in [0.15, 0.2) is 0 Å². The van der Waals surface area contributed by atoms with Crippen molar-refractivity contribution < 1.29 is 13.2 Å². The molecule has 3 nitrogen and oxygen atoms in total. The van der Waals surface area contributed by atoms with E-state index < -0.39 is 12.2 Å². The Kier molecular flexibility index (Phi) is 5.22. The number of nitrogens with zero attached hydrogens (tertiary/aromatic N) is 2. The first-order chi connectivity index (χ1) is 7.84. The standard InChI is InChI=1S/C11H22F3N3/c1-16-5-3-9(4-6-16)8-17(2)10(7-15)11(12,13)14/h9-10H,3-8,15H2,1-2H3. The second-order valence-corrected chi connectivity index (χ2v) is 4.98. The molecule has 0 saturated carbocycles. The monoisotopic (exact) mass is 253 g/mol. The highest BCUT2D eigenvalue weighted by Crippen LogP contribution is 2.25. The van der Waals surface area contributed by atoms with Gasteiger partial charge in [-0.2, -0.15) is 13.2 Å². The molecule has 0 aliphatic carbocycles. The third-order valence-electron chi connectivity index (χ3n) is 3.52. The van der Waals surface area contributed by atoms with Crippen LogP contribution in [0.25, 0.3) is 0 Å². The summed E-state index contributed by atoms with van der Waals surface area (Å²) in [5, 5.41) is 0. The molecule has 0 aromatic heterocycles. The predicted molar refractivity (Wildman–Crippen MR) is 61.7 cm³/mol. The van der Waals surface area contributed by atoms with Crippen molar-refractivity contribution in [2.24, 2.45) is 11.7 Å². The van der Waals surface area contributed by atoms with Gasteiger partial charge in [0, 0.05) is 13.1 Å². The third-order valence-corrected chi connectivity index (χ3v) is 3.52. The van der Waals surface area contributed by atoms with E-state index in [4.69, 9.17) is 5.73 Å². The first-order valence-corrected chi connectivity index (χ1v) is 6.00. The molecule has 0 bridgehead atoms. The van der Waals surface area contributed by atoms with E-state index in [2.05, 4.69) is 4.90 Å². The number of piperidine rings is 1. The van der Waals surface area contributed by atoms with Gasteiger partial charge in [-0.05, 0) is 45.9 Å². The van der Waals surface area contributed by atoms with Gasteiger partial charge in [0.25, 0.3) is 0 Å². The number of hydrogen-bond donors (Lipinski definition) is 1. The minimum Gasteiger partial charge on any atom is -0.329 e. The Labute approximate surface area is 101 Å². The highest BCUT2D eigenvalue weighted by Gasteiger charge is 2.41. The maximum absolute atomic E-state index is 12.7. The number of likely N-dealkylation sites (N-methyl/N-ethyl adjacent to an activating group) is 1. The number of alkyl halides is 3. The van der Waals surface area contributed by atoms with Gasteiger partial charge in [0.15, 0.2) is 0 Å². The summed E-state index contributed by atoms with van der Waals surface area (Å²) in [6.45, 7) is 2.05. The molecule has 17 heavy (non-hydrogen) atoms. The summed E-state index contributed by atoms with van der Waals surface area (Å²) < 4.78 is 38.0. The lowest BCUT2D eigenvalue weighted by Gasteiger charge is -2.35. The van der Waals surface area contributed by atoms with Crippen LogP contribution in [0.3, 0.4) is 0 Å². The van der Waals surface area contributed by atoms with Crippen molar-refractivity contribution in [1.29, 1.82) is 0 Å². The van der Waals surface area contributed by atoms with Crippen LogP contribution in [-0.4, -0.2) is 62.3 Å². The predicted octanol–water partition coefficient (Wildman–Crippen LogP) is 1.15. The molecular weight excluding hydrogens is 231 g/mol. The molecule has 0 aromatic rings. The van der Waals surface area contributed by atoms with Crippen molar-refractivity contribution in [2.45, 2.75) is 25.1 Å². The van der Waals surface area contributed by atoms with Gasteiger partial charge < -0.3 is 10.6 Å². The van der Waals surface area contributed by atoms with E-state index in [1.165, 1.54) is 11.9 Å². The second-order valence-electron chi connectivity index (χ2n) is 4.98. The van der Waals surface area contributed by atoms with Gasteiger partial charge in [-0.1, -0.05) is 0 Å². The average Bonchev–Trinajstić information content (AvgIpc) is 2.20. The van der Waals surface area contributed by atoms with Gasteiger partial charge >= 0.3 is 6.18 Å². The first-order valence-electron chi connectivity index (χ1n) is 6.00. The highest BCUT2D eigenvalue weighted by molar-refractivity contribution is 4.81. The summed E-state index contributed by atoms with van der Waals surface area (Å²) >= 11 is 0. The van der Waals surface area contributed by atoms with Gasteiger partial charge in [-0.25, -0.2) is 0 Å². The van der Waals surface area contributed by atoms with E-state index in [0.29, 0.717) is 12.5 Å². The van der Waals surface area contributed by atoms with Gasteiger partial charge in [0.2, 0.25) is 0 Å². The second kappa shape index (κ2) is 6.02. The van der Waals surface area contributed by atoms with Crippen LogP contribution >= 0.6 is 0 Å². The number of likely N-dealkylation sites (tertiary alicyclic amines) is 1. The molecule has 0 radical (unpaired) electrons. The van der Waals surface area contributed by atoms with Crippen LogP contribution < -0.4 is 5.73 Å². The zero-order valence-electron chi connectivity index (χ0n) is 10.5. The minimum atomic E-state index is -4.23. The van der Waals surface area contributed by atoms with Crippen molar-refractivity contribution in [3.63, 3.8) is 0 Å². The van der Waals surface area contributed by atoms with E-state index in [1.807, 2.05) is 7.05 Å². The van der Waals surface area contributed by atoms with Crippen molar-refractivity contribution in [2.75, 3.05) is 40.3 Å². The van der Waals surface area contributed by atoms with Gasteiger partial charge in [-0.15, -0.1) is 0 Å². The van der Waals surface area contributed by atoms with Crippen LogP contribution in [0, 0.1) is 5.92 Å². The zero-order chi connectivity index (χ0) is 13.1. The number of nitrogens with two attached hydrogens (primary N) is 1. The van der Waals surface area contributed by atoms with E-state index >= 15 is 0 Å². The molecule has 2 N–H and O–H groups in total. The molecule has 1 aliphatic rings. The molecule has 1 atom stereocenters. The van der Waals surface area contributed by atoms with Crippen LogP contribution in [-0.2, 0) is 0 Å². The van der Waals surface area contributed by atoms with E-state index in [0.717, 1.165) is 25.9 Å². The van der Waals surface area contributed by atoms with Crippen molar-refractivity contribution in [3.05, 3.63) is 0 Å². The smallest absolute Gasteiger partial charge is 0.329 e. The van der Waals surface area contributed by atoms with Gasteiger partial charge in [0.1, 0.15) is 6.04 Å². The fourth-order valence-electron chi connectivity index (χ4n) is 2.34. The molecule has 1 heterocycles. The normalized spacial score (nSPS) is 22.1. The minimum absolute atomic E-state index is 0.354. The largest absolute Gasteiger partial charge is 0.405 e. The Morgan fingerprint density at radius 3 is 2.29 bits per heavy atom. The fraction of sp³-hybridized carbons (Fsp3) is 1.00. The van der Waals surface area contributed by atoms with Crippen LogP contribution in [0.1, 0.15) is 12.8 Å². The average molecular weight is 253 g/mol. The highest BCUT2D eigenvalue weighted by atomic mass is 19.4. The van der Waals surface area contributed by atoms with Crippen molar-refractivity contribution >= 4 is 0 Å². The Hall–Kier alpha value is -0.330. The number of halogens is 3. The molecule has 0 amide bonds. The molecule has 0 aromatic carbocycles. The summed E-state index contributed by atoms with van der Waals surface area (Å²) in [4.78, 5) is 3.57. The molecule has 1 saturated heterocycles. The first kappa shape index (κ1) is 14.7. The Bertz CT molecular complexity index is 224. The van der Waals surface area contributed by atoms with Gasteiger partial charge in [0.05, 0.1) is 0 Å². The SMILES string of the molecule is CN1CCC(CN(C)C(CN)C(F)(F)F)CC1. The molecular formula is C11H22F3N3. The lowest BCUT2D eigenvalue weighted by atomic mass is 9.96. The van der Waals surface area contributed by atoms with Crippen molar-refractivity contribution in [1.82, 2.24) is 9.80 Å². The van der Waals surface area contributed by atoms with E-state index in [9.17, 15) is 13.2 Å². The third kappa shape index (κ3) is 4.44.